The third-order valence-electron chi connectivity index (χ3n) is 4.05. The highest BCUT2D eigenvalue weighted by Crippen LogP contribution is 2.38. The van der Waals surface area contributed by atoms with Gasteiger partial charge in [0.25, 0.3) is 0 Å². The Balaban J connectivity index is 1.62. The predicted molar refractivity (Wildman–Crippen MR) is 101 cm³/mol. The maximum atomic E-state index is 12.2. The lowest BCUT2D eigenvalue weighted by molar-refractivity contribution is 0.152. The van der Waals surface area contributed by atoms with Crippen LogP contribution in [-0.4, -0.2) is 11.3 Å². The molecular weight excluding hydrogens is 352 g/mol. The minimum atomic E-state index is -0.882. The van der Waals surface area contributed by atoms with Crippen molar-refractivity contribution in [3.63, 3.8) is 0 Å². The maximum Gasteiger partial charge on any atom is 0.519 e. The molecule has 0 fully saturated rings. The number of phenols is 1. The van der Waals surface area contributed by atoms with Crippen molar-refractivity contribution in [3.05, 3.63) is 77.8 Å². The van der Waals surface area contributed by atoms with Crippen LogP contribution in [0.1, 0.15) is 0 Å². The Labute approximate surface area is 154 Å². The number of hydrogen-bond acceptors (Lipinski definition) is 4. The molecule has 0 aromatic heterocycles. The Hall–Kier alpha value is -3.24. The molecule has 4 rings (SSSR count). The van der Waals surface area contributed by atoms with E-state index in [9.17, 15) is 9.90 Å². The summed E-state index contributed by atoms with van der Waals surface area (Å²) in [4.78, 5) is 12.2. The normalized spacial score (nSPS) is 10.8. The lowest BCUT2D eigenvalue weighted by Gasteiger charge is -2.11. The molecule has 0 aliphatic rings. The number of ether oxygens (including phenoxy) is 2. The summed E-state index contributed by atoms with van der Waals surface area (Å²) in [6.45, 7) is 0. The van der Waals surface area contributed by atoms with Crippen molar-refractivity contribution >= 4 is 39.3 Å². The Morgan fingerprint density at radius 3 is 2.31 bits per heavy atom. The smallest absolute Gasteiger partial charge is 0.506 e. The molecule has 1 N–H and O–H groups in total. The second-order valence-corrected chi connectivity index (χ2v) is 6.12. The summed E-state index contributed by atoms with van der Waals surface area (Å²) < 4.78 is 10.6. The molecule has 0 aliphatic carbocycles. The molecule has 4 nitrogen and oxygen atoms in total. The second kappa shape index (κ2) is 6.58. The molecule has 0 unspecified atom stereocenters. The van der Waals surface area contributed by atoms with E-state index in [1.54, 1.807) is 36.4 Å². The molecule has 0 saturated heterocycles. The van der Waals surface area contributed by atoms with Gasteiger partial charge in [-0.3, -0.25) is 0 Å². The number of aromatic hydroxyl groups is 1. The first kappa shape index (κ1) is 16.2. The number of carbonyl (C=O) groups excluding carboxylic acids is 1. The van der Waals surface area contributed by atoms with Crippen molar-refractivity contribution in [2.45, 2.75) is 0 Å². The number of carbonyl (C=O) groups is 1. The van der Waals surface area contributed by atoms with E-state index in [4.69, 9.17) is 21.1 Å². The van der Waals surface area contributed by atoms with Gasteiger partial charge in [-0.15, -0.1) is 0 Å². The van der Waals surface area contributed by atoms with Crippen LogP contribution in [0.2, 0.25) is 5.02 Å². The topological polar surface area (TPSA) is 55.8 Å². The van der Waals surface area contributed by atoms with Crippen LogP contribution in [0.4, 0.5) is 4.79 Å². The van der Waals surface area contributed by atoms with Crippen molar-refractivity contribution in [2.24, 2.45) is 0 Å². The first-order valence-corrected chi connectivity index (χ1v) is 8.28. The van der Waals surface area contributed by atoms with E-state index in [2.05, 4.69) is 0 Å². The van der Waals surface area contributed by atoms with E-state index in [1.807, 2.05) is 30.3 Å². The number of fused-ring (bicyclic) bond motifs is 2. The molecule has 4 aromatic carbocycles. The quantitative estimate of drug-likeness (QED) is 0.354. The summed E-state index contributed by atoms with van der Waals surface area (Å²) >= 11 is 6.02. The van der Waals surface area contributed by atoms with Gasteiger partial charge in [-0.1, -0.05) is 66.2 Å². The van der Waals surface area contributed by atoms with Gasteiger partial charge in [-0.05, 0) is 22.9 Å². The Morgan fingerprint density at radius 1 is 0.808 bits per heavy atom. The third-order valence-corrected chi connectivity index (χ3v) is 4.34. The average Bonchev–Trinajstić information content (AvgIpc) is 2.66. The Morgan fingerprint density at radius 2 is 1.50 bits per heavy atom. The minimum absolute atomic E-state index is 0.0579. The van der Waals surface area contributed by atoms with Gasteiger partial charge >= 0.3 is 6.16 Å². The van der Waals surface area contributed by atoms with Gasteiger partial charge in [0.1, 0.15) is 17.2 Å². The van der Waals surface area contributed by atoms with E-state index in [1.165, 1.54) is 6.07 Å². The summed E-state index contributed by atoms with van der Waals surface area (Å²) in [5.41, 5.74) is 0. The molecule has 4 aromatic rings. The van der Waals surface area contributed by atoms with Crippen LogP contribution in [0.3, 0.4) is 0 Å². The maximum absolute atomic E-state index is 12.2. The summed E-state index contributed by atoms with van der Waals surface area (Å²) in [5.74, 6) is 0.537. The fraction of sp³-hybridized carbons (Fsp3) is 0. The van der Waals surface area contributed by atoms with E-state index >= 15 is 0 Å². The van der Waals surface area contributed by atoms with Gasteiger partial charge in [0.15, 0.2) is 0 Å². The molecule has 0 amide bonds. The van der Waals surface area contributed by atoms with Crippen molar-refractivity contribution in [1.29, 1.82) is 0 Å². The van der Waals surface area contributed by atoms with Crippen molar-refractivity contribution in [2.75, 3.05) is 0 Å². The summed E-state index contributed by atoms with van der Waals surface area (Å²) in [5, 5.41) is 13.2. The average molecular weight is 365 g/mol. The van der Waals surface area contributed by atoms with Crippen molar-refractivity contribution in [3.8, 4) is 17.2 Å². The van der Waals surface area contributed by atoms with E-state index in [0.717, 1.165) is 10.8 Å². The van der Waals surface area contributed by atoms with Crippen LogP contribution >= 0.6 is 11.6 Å². The molecule has 0 aliphatic heterocycles. The standard InChI is InChI=1S/C21H13ClO4/c22-18-12-19(16-7-3-4-8-17(16)20(18)23)26-21(24)25-15-10-9-13-5-1-2-6-14(13)11-15/h1-12,23H. The summed E-state index contributed by atoms with van der Waals surface area (Å²) in [6.07, 6.45) is -0.882. The van der Waals surface area contributed by atoms with Gasteiger partial charge < -0.3 is 14.6 Å². The zero-order valence-corrected chi connectivity index (χ0v) is 14.2. The van der Waals surface area contributed by atoms with Gasteiger partial charge in [-0.2, -0.15) is 0 Å². The highest BCUT2D eigenvalue weighted by Gasteiger charge is 2.15. The Kier molecular flexibility index (Phi) is 4.11. The molecule has 128 valence electrons. The van der Waals surface area contributed by atoms with Crippen molar-refractivity contribution in [1.82, 2.24) is 0 Å². The van der Waals surface area contributed by atoms with Crippen LogP contribution in [0.15, 0.2) is 72.8 Å². The van der Waals surface area contributed by atoms with Gasteiger partial charge in [-0.25, -0.2) is 4.79 Å². The molecule has 0 bridgehead atoms. The number of hydrogen-bond donors (Lipinski definition) is 1. The molecule has 0 atom stereocenters. The van der Waals surface area contributed by atoms with Gasteiger partial charge in [0, 0.05) is 16.8 Å². The number of benzene rings is 4. The lowest BCUT2D eigenvalue weighted by Crippen LogP contribution is -2.14. The first-order valence-electron chi connectivity index (χ1n) is 7.90. The summed E-state index contributed by atoms with van der Waals surface area (Å²) in [7, 11) is 0. The van der Waals surface area contributed by atoms with Crippen LogP contribution in [-0.2, 0) is 0 Å². The predicted octanol–water partition coefficient (Wildman–Crippen LogP) is 5.93. The highest BCUT2D eigenvalue weighted by molar-refractivity contribution is 6.33. The van der Waals surface area contributed by atoms with Crippen LogP contribution in [0, 0.1) is 0 Å². The molecule has 0 radical (unpaired) electrons. The SMILES string of the molecule is O=C(Oc1ccc2ccccc2c1)Oc1cc(Cl)c(O)c2ccccc12. The number of rotatable bonds is 2. The monoisotopic (exact) mass is 364 g/mol. The largest absolute Gasteiger partial charge is 0.519 e. The summed E-state index contributed by atoms with van der Waals surface area (Å²) in [6, 6.07) is 21.4. The Bertz CT molecular complexity index is 1140. The second-order valence-electron chi connectivity index (χ2n) is 5.71. The zero-order chi connectivity index (χ0) is 18.1. The fourth-order valence-electron chi connectivity index (χ4n) is 2.82. The third kappa shape index (κ3) is 3.03. The zero-order valence-electron chi connectivity index (χ0n) is 13.5. The molecular formula is C21H13ClO4. The fourth-order valence-corrected chi connectivity index (χ4v) is 3.02. The van der Waals surface area contributed by atoms with Crippen LogP contribution < -0.4 is 9.47 Å². The number of phenolic OH excluding ortho intramolecular Hbond substituents is 1. The lowest BCUT2D eigenvalue weighted by atomic mass is 10.1. The van der Waals surface area contributed by atoms with Gasteiger partial charge in [0.05, 0.1) is 5.02 Å². The van der Waals surface area contributed by atoms with Crippen LogP contribution in [0.25, 0.3) is 21.5 Å². The van der Waals surface area contributed by atoms with E-state index in [-0.39, 0.29) is 16.5 Å². The van der Waals surface area contributed by atoms with Crippen LogP contribution in [0.5, 0.6) is 17.2 Å². The molecule has 0 spiro atoms. The van der Waals surface area contributed by atoms with Gasteiger partial charge in [0.2, 0.25) is 0 Å². The molecule has 5 heteroatoms. The molecule has 0 saturated carbocycles. The molecule has 0 heterocycles. The van der Waals surface area contributed by atoms with E-state index in [0.29, 0.717) is 16.5 Å². The first-order chi connectivity index (χ1) is 12.6. The van der Waals surface area contributed by atoms with Crippen molar-refractivity contribution < 1.29 is 19.4 Å². The van der Waals surface area contributed by atoms with E-state index < -0.39 is 6.16 Å². The highest BCUT2D eigenvalue weighted by atomic mass is 35.5. The molecule has 26 heavy (non-hydrogen) atoms. The minimum Gasteiger partial charge on any atom is -0.506 e. The number of halogens is 1.